The lowest BCUT2D eigenvalue weighted by Gasteiger charge is -2.40. The van der Waals surface area contributed by atoms with Crippen LogP contribution in [0.25, 0.3) is 5.70 Å². The smallest absolute Gasteiger partial charge is 0.197 e. The minimum Gasteiger partial charge on any atom is -0.369 e. The molecule has 0 fully saturated rings. The number of hydrogen-bond acceptors (Lipinski definition) is 4. The maximum Gasteiger partial charge on any atom is 0.197 e. The van der Waals surface area contributed by atoms with Crippen LogP contribution in [-0.4, -0.2) is 23.6 Å². The van der Waals surface area contributed by atoms with Crippen molar-refractivity contribution in [1.82, 2.24) is 4.90 Å². The second-order valence-corrected chi connectivity index (χ2v) is 4.52. The highest BCUT2D eigenvalue weighted by atomic mass is 15.3. The first-order valence-electron chi connectivity index (χ1n) is 5.58. The van der Waals surface area contributed by atoms with Crippen molar-refractivity contribution in [2.24, 2.45) is 16.5 Å². The summed E-state index contributed by atoms with van der Waals surface area (Å²) in [5.74, 6) is 0.444. The average Bonchev–Trinajstić information content (AvgIpc) is 2.33. The van der Waals surface area contributed by atoms with Crippen molar-refractivity contribution in [3.05, 3.63) is 41.5 Å². The second-order valence-electron chi connectivity index (χ2n) is 4.52. The molecule has 0 bridgehead atoms. The molecular formula is C13H18N4. The zero-order chi connectivity index (χ0) is 12.6. The maximum absolute atomic E-state index is 6.29. The Bertz CT molecular complexity index is 485. The number of likely N-dealkylation sites (N-methyl/N-ethyl adjacent to an activating group) is 1. The Morgan fingerprint density at radius 1 is 1.24 bits per heavy atom. The van der Waals surface area contributed by atoms with Gasteiger partial charge in [-0.25, -0.2) is 4.99 Å². The molecule has 0 saturated heterocycles. The molecule has 0 aromatic heterocycles. The first-order valence-corrected chi connectivity index (χ1v) is 5.58. The minimum atomic E-state index is -0.600. The summed E-state index contributed by atoms with van der Waals surface area (Å²) in [6.07, 6.45) is 0. The van der Waals surface area contributed by atoms with Crippen LogP contribution in [-0.2, 0) is 0 Å². The van der Waals surface area contributed by atoms with E-state index in [-0.39, 0.29) is 0 Å². The monoisotopic (exact) mass is 230 g/mol. The van der Waals surface area contributed by atoms with Crippen molar-refractivity contribution >= 4 is 11.7 Å². The van der Waals surface area contributed by atoms with Crippen molar-refractivity contribution in [2.45, 2.75) is 19.5 Å². The van der Waals surface area contributed by atoms with E-state index in [1.165, 1.54) is 0 Å². The molecule has 0 amide bonds. The van der Waals surface area contributed by atoms with E-state index in [0.717, 1.165) is 16.8 Å². The molecule has 2 rings (SSSR count). The van der Waals surface area contributed by atoms with Crippen molar-refractivity contribution < 1.29 is 0 Å². The van der Waals surface area contributed by atoms with Crippen LogP contribution >= 0.6 is 0 Å². The van der Waals surface area contributed by atoms with E-state index < -0.39 is 5.66 Å². The van der Waals surface area contributed by atoms with Crippen molar-refractivity contribution in [3.8, 4) is 0 Å². The van der Waals surface area contributed by atoms with E-state index in [0.29, 0.717) is 5.96 Å². The number of rotatable bonds is 1. The van der Waals surface area contributed by atoms with Gasteiger partial charge in [-0.2, -0.15) is 0 Å². The average molecular weight is 230 g/mol. The van der Waals surface area contributed by atoms with Gasteiger partial charge in [-0.1, -0.05) is 30.3 Å². The number of guanidine groups is 1. The molecule has 1 unspecified atom stereocenters. The van der Waals surface area contributed by atoms with Crippen molar-refractivity contribution in [2.75, 3.05) is 7.05 Å². The molecule has 17 heavy (non-hydrogen) atoms. The van der Waals surface area contributed by atoms with E-state index in [4.69, 9.17) is 11.5 Å². The topological polar surface area (TPSA) is 67.6 Å². The van der Waals surface area contributed by atoms with Gasteiger partial charge in [0.1, 0.15) is 5.66 Å². The number of nitrogens with two attached hydrogens (primary N) is 2. The molecule has 1 atom stereocenters. The SMILES string of the molecule is CC1=C(c2ccccc2)N=C(N)N(C)C1(C)N. The van der Waals surface area contributed by atoms with Gasteiger partial charge in [0.25, 0.3) is 0 Å². The number of hydrogen-bond donors (Lipinski definition) is 2. The lowest BCUT2D eigenvalue weighted by atomic mass is 9.95. The maximum atomic E-state index is 6.29. The molecule has 0 saturated carbocycles. The molecule has 1 aromatic carbocycles. The van der Waals surface area contributed by atoms with Gasteiger partial charge in [-0.15, -0.1) is 0 Å². The molecule has 0 spiro atoms. The second kappa shape index (κ2) is 3.89. The molecule has 1 heterocycles. The summed E-state index contributed by atoms with van der Waals surface area (Å²) in [5, 5.41) is 0. The molecule has 0 radical (unpaired) electrons. The van der Waals surface area contributed by atoms with Crippen LogP contribution < -0.4 is 11.5 Å². The van der Waals surface area contributed by atoms with Crippen LogP contribution in [0.2, 0.25) is 0 Å². The fraction of sp³-hybridized carbons (Fsp3) is 0.308. The Labute approximate surface area is 102 Å². The largest absolute Gasteiger partial charge is 0.369 e. The summed E-state index contributed by atoms with van der Waals surface area (Å²) in [5.41, 5.74) is 14.5. The number of benzene rings is 1. The minimum absolute atomic E-state index is 0.444. The van der Waals surface area contributed by atoms with Crippen LogP contribution in [0.3, 0.4) is 0 Å². The highest BCUT2D eigenvalue weighted by Crippen LogP contribution is 2.31. The van der Waals surface area contributed by atoms with Gasteiger partial charge in [0.15, 0.2) is 5.96 Å². The van der Waals surface area contributed by atoms with Gasteiger partial charge < -0.3 is 16.4 Å². The summed E-state index contributed by atoms with van der Waals surface area (Å²) in [4.78, 5) is 6.22. The fourth-order valence-electron chi connectivity index (χ4n) is 1.88. The molecule has 1 aliphatic rings. The van der Waals surface area contributed by atoms with E-state index in [1.54, 1.807) is 4.90 Å². The normalized spacial score (nSPS) is 24.9. The zero-order valence-corrected chi connectivity index (χ0v) is 10.4. The van der Waals surface area contributed by atoms with Gasteiger partial charge in [0.05, 0.1) is 5.70 Å². The molecule has 4 heteroatoms. The molecule has 90 valence electrons. The number of aliphatic imine (C=N–C) groups is 1. The van der Waals surface area contributed by atoms with Gasteiger partial charge >= 0.3 is 0 Å². The van der Waals surface area contributed by atoms with Gasteiger partial charge in [0, 0.05) is 12.6 Å². The molecule has 4 nitrogen and oxygen atoms in total. The molecule has 1 aliphatic heterocycles. The molecular weight excluding hydrogens is 212 g/mol. The van der Waals surface area contributed by atoms with Crippen LogP contribution in [0.4, 0.5) is 0 Å². The zero-order valence-electron chi connectivity index (χ0n) is 10.4. The van der Waals surface area contributed by atoms with Gasteiger partial charge in [0.2, 0.25) is 0 Å². The summed E-state index contributed by atoms with van der Waals surface area (Å²) in [7, 11) is 1.85. The van der Waals surface area contributed by atoms with Crippen LogP contribution in [0.5, 0.6) is 0 Å². The van der Waals surface area contributed by atoms with E-state index >= 15 is 0 Å². The Balaban J connectivity index is 2.58. The molecule has 1 aromatic rings. The Kier molecular flexibility index (Phi) is 2.67. The van der Waals surface area contributed by atoms with Crippen molar-refractivity contribution in [3.63, 3.8) is 0 Å². The quantitative estimate of drug-likeness (QED) is 0.765. The predicted molar refractivity (Wildman–Crippen MR) is 71.0 cm³/mol. The van der Waals surface area contributed by atoms with Crippen molar-refractivity contribution in [1.29, 1.82) is 0 Å². The van der Waals surface area contributed by atoms with Gasteiger partial charge in [-0.3, -0.25) is 0 Å². The fourth-order valence-corrected chi connectivity index (χ4v) is 1.88. The summed E-state index contributed by atoms with van der Waals surface area (Å²) in [6.45, 7) is 3.93. The van der Waals surface area contributed by atoms with Crippen LogP contribution in [0.1, 0.15) is 19.4 Å². The highest BCUT2D eigenvalue weighted by molar-refractivity contribution is 5.89. The van der Waals surface area contributed by atoms with E-state index in [9.17, 15) is 0 Å². The third-order valence-electron chi connectivity index (χ3n) is 3.43. The van der Waals surface area contributed by atoms with Crippen LogP contribution in [0, 0.1) is 0 Å². The summed E-state index contributed by atoms with van der Waals surface area (Å²) < 4.78 is 0. The first kappa shape index (κ1) is 11.7. The Morgan fingerprint density at radius 2 is 1.82 bits per heavy atom. The first-order chi connectivity index (χ1) is 7.94. The molecule has 0 aliphatic carbocycles. The van der Waals surface area contributed by atoms with E-state index in [1.807, 2.05) is 51.2 Å². The Hall–Kier alpha value is -1.81. The lowest BCUT2D eigenvalue weighted by molar-refractivity contribution is 0.279. The third-order valence-corrected chi connectivity index (χ3v) is 3.43. The third kappa shape index (κ3) is 1.80. The summed E-state index contributed by atoms with van der Waals surface area (Å²) >= 11 is 0. The van der Waals surface area contributed by atoms with Crippen LogP contribution in [0.15, 0.2) is 40.9 Å². The summed E-state index contributed by atoms with van der Waals surface area (Å²) in [6, 6.07) is 9.96. The highest BCUT2D eigenvalue weighted by Gasteiger charge is 2.33. The Morgan fingerprint density at radius 3 is 2.41 bits per heavy atom. The predicted octanol–water partition coefficient (Wildman–Crippen LogP) is 1.35. The molecule has 4 N–H and O–H groups in total. The number of nitrogens with zero attached hydrogens (tertiary/aromatic N) is 2. The van der Waals surface area contributed by atoms with Gasteiger partial charge in [-0.05, 0) is 19.4 Å². The van der Waals surface area contributed by atoms with E-state index in [2.05, 4.69) is 4.99 Å². The lowest BCUT2D eigenvalue weighted by Crippen LogP contribution is -2.59. The standard InChI is InChI=1S/C13H18N4/c1-9-11(10-7-5-4-6-8-10)16-12(14)17(3)13(9,2)15/h4-8H,15H2,1-3H3,(H2,14,16).